The van der Waals surface area contributed by atoms with Crippen LogP contribution in [-0.2, 0) is 27.8 Å². The lowest BCUT2D eigenvalue weighted by Crippen LogP contribution is -2.26. The largest absolute Gasteiger partial charge is 0.459 e. The Kier molecular flexibility index (Phi) is 17.5. The van der Waals surface area contributed by atoms with Crippen LogP contribution in [0.5, 0.6) is 0 Å². The van der Waals surface area contributed by atoms with Crippen molar-refractivity contribution in [1.82, 2.24) is 4.57 Å². The van der Waals surface area contributed by atoms with Gasteiger partial charge in [0.2, 0.25) is 6.33 Å². The number of aromatic nitrogens is 2. The van der Waals surface area contributed by atoms with Crippen molar-refractivity contribution in [2.24, 2.45) is 7.05 Å². The maximum atomic E-state index is 12.8. The molecule has 6 heteroatoms. The second-order valence-electron chi connectivity index (χ2n) is 10.5. The van der Waals surface area contributed by atoms with Crippen LogP contribution in [0.15, 0.2) is 43.0 Å². The van der Waals surface area contributed by atoms with Crippen LogP contribution < -0.4 is 4.57 Å². The Balaban J connectivity index is 1.49. The Morgan fingerprint density at radius 2 is 1.47 bits per heavy atom. The fourth-order valence-electron chi connectivity index (χ4n) is 4.69. The van der Waals surface area contributed by atoms with Crippen molar-refractivity contribution < 1.29 is 23.6 Å². The van der Waals surface area contributed by atoms with Crippen molar-refractivity contribution >= 4 is 5.97 Å². The van der Waals surface area contributed by atoms with Crippen LogP contribution in [0, 0.1) is 0 Å². The van der Waals surface area contributed by atoms with Crippen LogP contribution >= 0.6 is 0 Å². The minimum absolute atomic E-state index is 0.181. The Morgan fingerprint density at radius 1 is 0.868 bits per heavy atom. The molecule has 1 aromatic heterocycles. The first-order valence-corrected chi connectivity index (χ1v) is 15.0. The smallest absolute Gasteiger partial charge is 0.338 e. The summed E-state index contributed by atoms with van der Waals surface area (Å²) < 4.78 is 20.9. The van der Waals surface area contributed by atoms with Crippen molar-refractivity contribution in [2.75, 3.05) is 26.9 Å². The predicted octanol–water partition coefficient (Wildman–Crippen LogP) is 7.03. The van der Waals surface area contributed by atoms with E-state index >= 15 is 0 Å². The number of esters is 1. The molecule has 0 fully saturated rings. The van der Waals surface area contributed by atoms with Crippen molar-refractivity contribution in [3.05, 3.63) is 54.1 Å². The molecule has 0 N–H and O–H groups in total. The lowest BCUT2D eigenvalue weighted by molar-refractivity contribution is -0.671. The summed E-state index contributed by atoms with van der Waals surface area (Å²) in [6.45, 7) is 4.23. The molecule has 0 aliphatic rings. The lowest BCUT2D eigenvalue weighted by atomic mass is 10.0. The number of hydrogen-bond donors (Lipinski definition) is 0. The minimum atomic E-state index is -0.328. The van der Waals surface area contributed by atoms with Gasteiger partial charge in [0.25, 0.3) is 0 Å². The summed E-state index contributed by atoms with van der Waals surface area (Å²) in [5.41, 5.74) is 1.51. The van der Waals surface area contributed by atoms with Gasteiger partial charge < -0.3 is 14.2 Å². The Labute approximate surface area is 231 Å². The molecule has 38 heavy (non-hydrogen) atoms. The molecule has 0 amide bonds. The number of hydrogen-bond acceptors (Lipinski definition) is 4. The summed E-state index contributed by atoms with van der Waals surface area (Å²) in [5, 5.41) is 0. The number of methoxy groups -OCH3 is 1. The highest BCUT2D eigenvalue weighted by Crippen LogP contribution is 2.14. The normalized spacial score (nSPS) is 12.1. The molecule has 2 rings (SSSR count). The zero-order valence-corrected chi connectivity index (χ0v) is 24.4. The molecule has 0 radical (unpaired) electrons. The summed E-state index contributed by atoms with van der Waals surface area (Å²) in [6.07, 6.45) is 24.6. The molecule has 1 atom stereocenters. The molecule has 0 saturated heterocycles. The summed E-state index contributed by atoms with van der Waals surface area (Å²) in [7, 11) is 3.61. The highest BCUT2D eigenvalue weighted by Gasteiger charge is 2.17. The minimum Gasteiger partial charge on any atom is -0.459 e. The van der Waals surface area contributed by atoms with E-state index in [9.17, 15) is 4.79 Å². The number of ether oxygens (including phenoxy) is 3. The number of nitrogens with zero attached hydrogens (tertiary/aromatic N) is 2. The average molecular weight is 530 g/mol. The predicted molar refractivity (Wildman–Crippen MR) is 153 cm³/mol. The van der Waals surface area contributed by atoms with E-state index < -0.39 is 0 Å². The van der Waals surface area contributed by atoms with Gasteiger partial charge in [-0.1, -0.05) is 109 Å². The molecule has 0 aliphatic carbocycles. The molecule has 2 aromatic rings. The molecular weight excluding hydrogens is 476 g/mol. The highest BCUT2D eigenvalue weighted by atomic mass is 16.6. The summed E-state index contributed by atoms with van der Waals surface area (Å²) in [4.78, 5) is 12.8. The van der Waals surface area contributed by atoms with E-state index in [-0.39, 0.29) is 18.7 Å². The molecule has 214 valence electrons. The van der Waals surface area contributed by atoms with Gasteiger partial charge in [-0.3, -0.25) is 0 Å². The first-order chi connectivity index (χ1) is 18.6. The van der Waals surface area contributed by atoms with Gasteiger partial charge in [-0.2, -0.15) is 0 Å². The third-order valence-electron chi connectivity index (χ3n) is 7.09. The topological polar surface area (TPSA) is 53.6 Å². The molecular formula is C32H53N2O4+. The number of aryl methyl sites for hydroxylation is 1. The summed E-state index contributed by atoms with van der Waals surface area (Å²) >= 11 is 0. The van der Waals surface area contributed by atoms with Gasteiger partial charge in [-0.15, -0.1) is 0 Å². The number of benzene rings is 1. The van der Waals surface area contributed by atoms with Gasteiger partial charge in [0.15, 0.2) is 0 Å². The van der Waals surface area contributed by atoms with Crippen LogP contribution in [0.3, 0.4) is 0 Å². The van der Waals surface area contributed by atoms with Gasteiger partial charge in [0, 0.05) is 19.3 Å². The Hall–Kier alpha value is -2.18. The molecule has 0 spiro atoms. The van der Waals surface area contributed by atoms with Gasteiger partial charge in [0.1, 0.15) is 31.6 Å². The van der Waals surface area contributed by atoms with Crippen LogP contribution in [0.2, 0.25) is 0 Å². The van der Waals surface area contributed by atoms with Gasteiger partial charge in [0.05, 0.1) is 19.2 Å². The van der Waals surface area contributed by atoms with Gasteiger partial charge in [-0.05, 0) is 12.5 Å². The van der Waals surface area contributed by atoms with E-state index in [0.29, 0.717) is 18.7 Å². The van der Waals surface area contributed by atoms with E-state index in [2.05, 4.69) is 6.92 Å². The third-order valence-corrected chi connectivity index (χ3v) is 7.09. The van der Waals surface area contributed by atoms with Crippen LogP contribution in [-0.4, -0.2) is 43.6 Å². The van der Waals surface area contributed by atoms with Crippen LogP contribution in [0.1, 0.15) is 113 Å². The maximum absolute atomic E-state index is 12.8. The molecule has 1 unspecified atom stereocenters. The molecule has 0 saturated carbocycles. The van der Waals surface area contributed by atoms with Crippen molar-refractivity contribution in [3.63, 3.8) is 0 Å². The molecule has 0 aliphatic heterocycles. The first kappa shape index (κ1) is 32.0. The first-order valence-electron chi connectivity index (χ1n) is 15.0. The average Bonchev–Trinajstić information content (AvgIpc) is 3.34. The van der Waals surface area contributed by atoms with Gasteiger partial charge in [-0.25, -0.2) is 13.9 Å². The molecule has 6 nitrogen and oxygen atoms in total. The third kappa shape index (κ3) is 14.1. The van der Waals surface area contributed by atoms with Crippen LogP contribution in [0.4, 0.5) is 0 Å². The second kappa shape index (κ2) is 20.7. The van der Waals surface area contributed by atoms with E-state index in [1.54, 1.807) is 7.11 Å². The van der Waals surface area contributed by atoms with E-state index in [1.807, 2.05) is 59.2 Å². The maximum Gasteiger partial charge on any atom is 0.338 e. The standard InChI is InChI=1S/C32H53N2O4/c1-4-5-6-7-8-9-10-11-12-13-14-15-16-19-24-37-26-30(36-3)27-38-32(35)31-21-18-17-20-29(31)25-34-23-22-33(2)28-34/h17-18,20-23,28,30H,4-16,19,24-27H2,1-3H3/q+1. The van der Waals surface area contributed by atoms with E-state index in [0.717, 1.165) is 18.6 Å². The van der Waals surface area contributed by atoms with Gasteiger partial charge >= 0.3 is 5.97 Å². The number of unbranched alkanes of at least 4 members (excludes halogenated alkanes) is 13. The van der Waals surface area contributed by atoms with Crippen LogP contribution in [0.25, 0.3) is 0 Å². The summed E-state index contributed by atoms with van der Waals surface area (Å²) in [6, 6.07) is 7.58. The second-order valence-corrected chi connectivity index (χ2v) is 10.5. The van der Waals surface area contributed by atoms with E-state index in [4.69, 9.17) is 14.2 Å². The summed E-state index contributed by atoms with van der Waals surface area (Å²) in [5.74, 6) is -0.328. The highest BCUT2D eigenvalue weighted by molar-refractivity contribution is 5.91. The molecule has 0 bridgehead atoms. The lowest BCUT2D eigenvalue weighted by Gasteiger charge is -2.16. The monoisotopic (exact) mass is 529 g/mol. The fourth-order valence-corrected chi connectivity index (χ4v) is 4.69. The number of carbonyl (C=O) groups is 1. The number of imidazole rings is 1. The Morgan fingerprint density at radius 3 is 2.05 bits per heavy atom. The molecule has 1 aromatic carbocycles. The number of carbonyl (C=O) groups excluding carboxylic acids is 1. The van der Waals surface area contributed by atoms with E-state index in [1.165, 1.54) is 83.5 Å². The molecule has 1 heterocycles. The van der Waals surface area contributed by atoms with Crippen molar-refractivity contribution in [1.29, 1.82) is 0 Å². The fraction of sp³-hybridized carbons (Fsp3) is 0.688. The zero-order valence-electron chi connectivity index (χ0n) is 24.4. The SMILES string of the molecule is CCCCCCCCCCCCCCCCOCC(COC(=O)c1ccccc1Cn1cc[n+](C)c1)OC. The quantitative estimate of drug-likeness (QED) is 0.0881. The number of rotatable bonds is 23. The Bertz CT molecular complexity index is 867. The van der Waals surface area contributed by atoms with Crippen molar-refractivity contribution in [2.45, 2.75) is 109 Å². The van der Waals surface area contributed by atoms with Crippen molar-refractivity contribution in [3.8, 4) is 0 Å². The zero-order chi connectivity index (χ0) is 27.3.